The fourth-order valence-electron chi connectivity index (χ4n) is 5.02. The number of rotatable bonds is 8. The molecule has 3 rings (SSSR count). The summed E-state index contributed by atoms with van der Waals surface area (Å²) in [6.07, 6.45) is 7.96. The Labute approximate surface area is 187 Å². The Morgan fingerprint density at radius 1 is 1.19 bits per heavy atom. The van der Waals surface area contributed by atoms with Crippen LogP contribution in [0.1, 0.15) is 71.4 Å². The summed E-state index contributed by atoms with van der Waals surface area (Å²) in [5.74, 6) is 2.68. The lowest BCUT2D eigenvalue weighted by Crippen LogP contribution is -2.40. The molecule has 6 heteroatoms. The third-order valence-electron chi connectivity index (χ3n) is 7.04. The van der Waals surface area contributed by atoms with Crippen molar-refractivity contribution in [3.05, 3.63) is 17.8 Å². The van der Waals surface area contributed by atoms with E-state index in [-0.39, 0.29) is 17.7 Å². The van der Waals surface area contributed by atoms with Crippen LogP contribution in [-0.4, -0.2) is 47.9 Å². The number of pyridine rings is 1. The van der Waals surface area contributed by atoms with Crippen LogP contribution in [0.2, 0.25) is 0 Å². The first kappa shape index (κ1) is 23.6. The van der Waals surface area contributed by atoms with E-state index in [1.807, 2.05) is 24.0 Å². The predicted molar refractivity (Wildman–Crippen MR) is 126 cm³/mol. The zero-order valence-electron chi connectivity index (χ0n) is 19.8. The average molecular weight is 429 g/mol. The van der Waals surface area contributed by atoms with Gasteiger partial charge < -0.3 is 15.1 Å². The number of carbonyl (C=O) groups is 2. The van der Waals surface area contributed by atoms with E-state index in [1.165, 1.54) is 32.1 Å². The van der Waals surface area contributed by atoms with Crippen molar-refractivity contribution in [1.82, 2.24) is 9.88 Å². The van der Waals surface area contributed by atoms with Crippen molar-refractivity contribution < 1.29 is 9.59 Å². The molecule has 2 atom stereocenters. The molecule has 2 saturated heterocycles. The number of aromatic nitrogens is 1. The molecule has 0 aromatic carbocycles. The Morgan fingerprint density at radius 3 is 2.58 bits per heavy atom. The topological polar surface area (TPSA) is 65.5 Å². The molecule has 2 aliphatic rings. The first-order valence-corrected chi connectivity index (χ1v) is 12.2. The maximum Gasteiger partial charge on any atom is 0.227 e. The summed E-state index contributed by atoms with van der Waals surface area (Å²) in [6.45, 7) is 11.7. The predicted octanol–water partition coefficient (Wildman–Crippen LogP) is 4.63. The number of likely N-dealkylation sites (tertiary alicyclic amines) is 1. The molecule has 172 valence electrons. The first-order valence-electron chi connectivity index (χ1n) is 12.2. The molecule has 0 spiro atoms. The Bertz CT molecular complexity index is 758. The molecule has 0 bridgehead atoms. The van der Waals surface area contributed by atoms with Crippen molar-refractivity contribution >= 4 is 23.3 Å². The number of hydrogen-bond donors (Lipinski definition) is 1. The van der Waals surface area contributed by atoms with Crippen LogP contribution < -0.4 is 10.2 Å². The van der Waals surface area contributed by atoms with Crippen molar-refractivity contribution in [2.45, 2.75) is 72.6 Å². The maximum absolute atomic E-state index is 12.7. The zero-order chi connectivity index (χ0) is 22.4. The van der Waals surface area contributed by atoms with Crippen LogP contribution in [0.4, 0.5) is 11.5 Å². The number of amides is 2. The lowest BCUT2D eigenvalue weighted by molar-refractivity contribution is -0.132. The van der Waals surface area contributed by atoms with Gasteiger partial charge in [0.2, 0.25) is 11.8 Å². The molecule has 3 heterocycles. The molecule has 31 heavy (non-hydrogen) atoms. The molecule has 1 unspecified atom stereocenters. The highest BCUT2D eigenvalue weighted by Crippen LogP contribution is 2.30. The minimum absolute atomic E-state index is 0.0382. The summed E-state index contributed by atoms with van der Waals surface area (Å²) in [5.41, 5.74) is 1.67. The van der Waals surface area contributed by atoms with Gasteiger partial charge in [0, 0.05) is 39.0 Å². The van der Waals surface area contributed by atoms with Crippen LogP contribution in [0.3, 0.4) is 0 Å². The number of nitrogens with zero attached hydrogens (tertiary/aromatic N) is 3. The molecule has 2 aliphatic heterocycles. The number of nitrogens with one attached hydrogen (secondary N) is 1. The van der Waals surface area contributed by atoms with E-state index in [0.717, 1.165) is 55.0 Å². The lowest BCUT2D eigenvalue weighted by Gasteiger charge is -2.30. The fourth-order valence-corrected chi connectivity index (χ4v) is 5.02. The molecular formula is C25H40N4O2. The number of carbonyl (C=O) groups excluding carboxylic acids is 2. The monoisotopic (exact) mass is 428 g/mol. The number of aryl methyl sites for hydroxylation is 1. The smallest absolute Gasteiger partial charge is 0.227 e. The van der Waals surface area contributed by atoms with E-state index in [2.05, 4.69) is 24.1 Å². The van der Waals surface area contributed by atoms with E-state index in [4.69, 9.17) is 4.98 Å². The average Bonchev–Trinajstić information content (AvgIpc) is 3.22. The van der Waals surface area contributed by atoms with Gasteiger partial charge in [-0.25, -0.2) is 4.98 Å². The first-order chi connectivity index (χ1) is 14.9. The van der Waals surface area contributed by atoms with Gasteiger partial charge in [-0.1, -0.05) is 33.1 Å². The lowest BCUT2D eigenvalue weighted by atomic mass is 9.91. The fraction of sp³-hybridized carbons (Fsp3) is 0.720. The van der Waals surface area contributed by atoms with Gasteiger partial charge in [-0.15, -0.1) is 0 Å². The Balaban J connectivity index is 1.51. The maximum atomic E-state index is 12.7. The van der Waals surface area contributed by atoms with Crippen molar-refractivity contribution in [2.75, 3.05) is 36.4 Å². The van der Waals surface area contributed by atoms with Gasteiger partial charge >= 0.3 is 0 Å². The molecule has 1 aromatic rings. The van der Waals surface area contributed by atoms with E-state index in [1.54, 1.807) is 6.92 Å². The molecule has 1 aromatic heterocycles. The van der Waals surface area contributed by atoms with Crippen LogP contribution in [0, 0.1) is 24.7 Å². The molecule has 0 radical (unpaired) electrons. The highest BCUT2D eigenvalue weighted by atomic mass is 16.2. The highest BCUT2D eigenvalue weighted by Gasteiger charge is 2.27. The second-order valence-corrected chi connectivity index (χ2v) is 9.66. The quantitative estimate of drug-likeness (QED) is 0.656. The van der Waals surface area contributed by atoms with Crippen LogP contribution in [0.15, 0.2) is 12.1 Å². The van der Waals surface area contributed by atoms with Crippen molar-refractivity contribution in [2.24, 2.45) is 17.8 Å². The summed E-state index contributed by atoms with van der Waals surface area (Å²) in [5, 5.41) is 3.07. The largest absolute Gasteiger partial charge is 0.356 e. The van der Waals surface area contributed by atoms with Crippen LogP contribution in [-0.2, 0) is 9.59 Å². The molecule has 2 amide bonds. The highest BCUT2D eigenvalue weighted by molar-refractivity contribution is 5.93. The second kappa shape index (κ2) is 11.0. The van der Waals surface area contributed by atoms with Gasteiger partial charge in [0.25, 0.3) is 0 Å². The van der Waals surface area contributed by atoms with E-state index < -0.39 is 0 Å². The summed E-state index contributed by atoms with van der Waals surface area (Å²) < 4.78 is 0. The van der Waals surface area contributed by atoms with Gasteiger partial charge in [-0.2, -0.15) is 0 Å². The van der Waals surface area contributed by atoms with Gasteiger partial charge in [0.15, 0.2) is 0 Å². The SMILES string of the molecule is CCCC[C@H](C)CC1CCN(c2ccc(NC(=O)C3CCN(C(C)=O)CC3)c(C)n2)C1. The third kappa shape index (κ3) is 6.44. The van der Waals surface area contributed by atoms with Gasteiger partial charge in [0.1, 0.15) is 5.82 Å². The normalized spacial score (nSPS) is 20.7. The Hall–Kier alpha value is -2.11. The minimum atomic E-state index is -0.0382. The van der Waals surface area contributed by atoms with Gasteiger partial charge in [-0.05, 0) is 56.6 Å². The second-order valence-electron chi connectivity index (χ2n) is 9.66. The zero-order valence-corrected chi connectivity index (χ0v) is 19.8. The van der Waals surface area contributed by atoms with Crippen LogP contribution >= 0.6 is 0 Å². The standard InChI is InChI=1S/C25H40N4O2/c1-5-6-7-18(2)16-21-10-13-29(17-21)24-9-8-23(19(3)26-24)27-25(31)22-11-14-28(15-12-22)20(4)30/h8-9,18,21-22H,5-7,10-17H2,1-4H3,(H,27,31)/t18-,21?/m0/s1. The van der Waals surface area contributed by atoms with Crippen LogP contribution in [0.25, 0.3) is 0 Å². The van der Waals surface area contributed by atoms with Gasteiger partial charge in [0.05, 0.1) is 11.4 Å². The van der Waals surface area contributed by atoms with E-state index in [9.17, 15) is 9.59 Å². The molecular weight excluding hydrogens is 388 g/mol. The molecule has 2 fully saturated rings. The van der Waals surface area contributed by atoms with Crippen molar-refractivity contribution in [1.29, 1.82) is 0 Å². The number of unbranched alkanes of at least 4 members (excludes halogenated alkanes) is 1. The number of anilines is 2. The minimum Gasteiger partial charge on any atom is -0.356 e. The van der Waals surface area contributed by atoms with E-state index >= 15 is 0 Å². The summed E-state index contributed by atoms with van der Waals surface area (Å²) >= 11 is 0. The molecule has 1 N–H and O–H groups in total. The summed E-state index contributed by atoms with van der Waals surface area (Å²) in [6, 6.07) is 4.04. The van der Waals surface area contributed by atoms with Crippen LogP contribution in [0.5, 0.6) is 0 Å². The van der Waals surface area contributed by atoms with Crippen molar-refractivity contribution in [3.63, 3.8) is 0 Å². The summed E-state index contributed by atoms with van der Waals surface area (Å²) in [7, 11) is 0. The molecule has 6 nitrogen and oxygen atoms in total. The molecule has 0 aliphatic carbocycles. The Kier molecular flexibility index (Phi) is 8.33. The third-order valence-corrected chi connectivity index (χ3v) is 7.04. The number of hydrogen-bond acceptors (Lipinski definition) is 4. The molecule has 0 saturated carbocycles. The van der Waals surface area contributed by atoms with E-state index in [0.29, 0.717) is 13.1 Å². The summed E-state index contributed by atoms with van der Waals surface area (Å²) in [4.78, 5) is 33.2. The van der Waals surface area contributed by atoms with Crippen molar-refractivity contribution in [3.8, 4) is 0 Å². The van der Waals surface area contributed by atoms with Gasteiger partial charge in [-0.3, -0.25) is 9.59 Å². The number of piperidine rings is 1. The Morgan fingerprint density at radius 2 is 1.94 bits per heavy atom.